The van der Waals surface area contributed by atoms with Crippen molar-refractivity contribution in [1.82, 2.24) is 0 Å². The van der Waals surface area contributed by atoms with Crippen LogP contribution in [-0.2, 0) is 13.6 Å². The van der Waals surface area contributed by atoms with Crippen LogP contribution >= 0.6 is 8.25 Å². The molecule has 0 aliphatic rings. The second kappa shape index (κ2) is 6.06. The van der Waals surface area contributed by atoms with E-state index in [0.29, 0.717) is 0 Å². The van der Waals surface area contributed by atoms with E-state index in [4.69, 9.17) is 9.05 Å². The van der Waals surface area contributed by atoms with Gasteiger partial charge in [-0.15, -0.1) is 22.2 Å². The van der Waals surface area contributed by atoms with Crippen LogP contribution < -0.4 is 0 Å². The molecule has 0 aromatic heterocycles. The summed E-state index contributed by atoms with van der Waals surface area (Å²) in [6.07, 6.45) is 2.58. The van der Waals surface area contributed by atoms with Gasteiger partial charge in [-0.3, -0.25) is 0 Å². The molecule has 0 saturated carbocycles. The Morgan fingerprint density at radius 1 is 1.17 bits per heavy atom. The molecule has 12 heavy (non-hydrogen) atoms. The van der Waals surface area contributed by atoms with Gasteiger partial charge in [-0.25, -0.2) is 0 Å². The summed E-state index contributed by atoms with van der Waals surface area (Å²) in [4.78, 5) is 0. The van der Waals surface area contributed by atoms with Gasteiger partial charge in [0.1, 0.15) is 12.2 Å². The van der Waals surface area contributed by atoms with Crippen molar-refractivity contribution in [3.05, 3.63) is 25.3 Å². The predicted octanol–water partition coefficient (Wildman–Crippen LogP) is 2.83. The average molecular weight is 189 g/mol. The summed E-state index contributed by atoms with van der Waals surface area (Å²) in [5.41, 5.74) is 0. The maximum absolute atomic E-state index is 11.0. The lowest BCUT2D eigenvalue weighted by Gasteiger charge is -1.97. The Hall–Kier alpha value is -0.500. The molecule has 0 radical (unpaired) electrons. The van der Waals surface area contributed by atoms with Gasteiger partial charge in [0.15, 0.2) is 0 Å². The number of hydrogen-bond acceptors (Lipinski definition) is 3. The molecule has 0 rings (SSSR count). The molecule has 0 amide bonds. The summed E-state index contributed by atoms with van der Waals surface area (Å²) in [5, 5.41) is 0. The van der Waals surface area contributed by atoms with E-state index in [0.717, 1.165) is 0 Å². The first-order chi connectivity index (χ1) is 5.60. The molecule has 0 N–H and O–H groups in total. The van der Waals surface area contributed by atoms with Gasteiger partial charge < -0.3 is 0 Å². The van der Waals surface area contributed by atoms with Gasteiger partial charge in [-0.2, -0.15) is 0 Å². The van der Waals surface area contributed by atoms with Crippen molar-refractivity contribution in [2.45, 2.75) is 26.1 Å². The third-order valence-corrected chi connectivity index (χ3v) is 2.18. The molecule has 0 aliphatic heterocycles. The quantitative estimate of drug-likeness (QED) is 0.476. The minimum absolute atomic E-state index is 0.259. The fourth-order valence-corrected chi connectivity index (χ4v) is 1.15. The van der Waals surface area contributed by atoms with Gasteiger partial charge in [-0.1, -0.05) is 12.2 Å². The van der Waals surface area contributed by atoms with E-state index in [1.54, 1.807) is 26.0 Å². The van der Waals surface area contributed by atoms with Crippen molar-refractivity contribution >= 4 is 8.25 Å². The lowest BCUT2D eigenvalue weighted by Crippen LogP contribution is -2.02. The van der Waals surface area contributed by atoms with Crippen LogP contribution in [0.3, 0.4) is 0 Å². The van der Waals surface area contributed by atoms with Crippen molar-refractivity contribution in [3.63, 3.8) is 0 Å². The fraction of sp³-hybridized carbons (Fsp3) is 0.500. The average Bonchev–Trinajstić information content (AvgIpc) is 2.03. The molecule has 2 atom stereocenters. The molecule has 4 heteroatoms. The molecule has 0 bridgehead atoms. The van der Waals surface area contributed by atoms with Crippen LogP contribution in [0.5, 0.6) is 0 Å². The summed E-state index contributed by atoms with van der Waals surface area (Å²) >= 11 is 0. The van der Waals surface area contributed by atoms with E-state index in [9.17, 15) is 4.57 Å². The summed E-state index contributed by atoms with van der Waals surface area (Å²) < 4.78 is 20.8. The zero-order chi connectivity index (χ0) is 9.56. The van der Waals surface area contributed by atoms with Gasteiger partial charge in [0, 0.05) is 4.57 Å². The first kappa shape index (κ1) is 11.5. The van der Waals surface area contributed by atoms with Crippen LogP contribution in [0.1, 0.15) is 13.8 Å². The zero-order valence-corrected chi connectivity index (χ0v) is 8.29. The van der Waals surface area contributed by atoms with Crippen LogP contribution in [0.25, 0.3) is 0 Å². The highest BCUT2D eigenvalue weighted by molar-refractivity contribution is 7.33. The van der Waals surface area contributed by atoms with Crippen molar-refractivity contribution in [2.24, 2.45) is 0 Å². The van der Waals surface area contributed by atoms with E-state index in [1.807, 2.05) is 0 Å². The highest BCUT2D eigenvalue weighted by Gasteiger charge is 2.25. The molecule has 2 unspecified atom stereocenters. The molecule has 0 aliphatic carbocycles. The van der Waals surface area contributed by atoms with Gasteiger partial charge in [-0.05, 0) is 13.8 Å². The molecule has 0 saturated heterocycles. The van der Waals surface area contributed by atoms with E-state index < -0.39 is 8.25 Å². The van der Waals surface area contributed by atoms with Gasteiger partial charge in [0.05, 0.1) is 0 Å². The molecule has 3 nitrogen and oxygen atoms in total. The lowest BCUT2D eigenvalue weighted by molar-refractivity contribution is 0.184. The normalized spacial score (nSPS) is 16.3. The highest BCUT2D eigenvalue weighted by Crippen LogP contribution is 2.28. The van der Waals surface area contributed by atoms with Crippen LogP contribution in [0.4, 0.5) is 0 Å². The first-order valence-electron chi connectivity index (χ1n) is 3.66. The van der Waals surface area contributed by atoms with Crippen LogP contribution in [0, 0.1) is 0 Å². The molecule has 0 heterocycles. The monoisotopic (exact) mass is 189 g/mol. The maximum atomic E-state index is 11.0. The highest BCUT2D eigenvalue weighted by atomic mass is 31.1. The van der Waals surface area contributed by atoms with Crippen LogP contribution in [0.2, 0.25) is 0 Å². The predicted molar refractivity (Wildman–Crippen MR) is 49.1 cm³/mol. The summed E-state index contributed by atoms with van der Waals surface area (Å²) in [7, 11) is -2.06. The van der Waals surface area contributed by atoms with Crippen LogP contribution in [-0.4, -0.2) is 12.2 Å². The lowest BCUT2D eigenvalue weighted by atomic mass is 10.4. The second-order valence-corrected chi connectivity index (χ2v) is 3.18. The minimum atomic E-state index is -2.06. The first-order valence-corrected chi connectivity index (χ1v) is 4.75. The van der Waals surface area contributed by atoms with Gasteiger partial charge >= 0.3 is 8.25 Å². The Kier molecular flexibility index (Phi) is 5.81. The standard InChI is InChI=1S/C8H14O3P/c1-5-7(3)10-12(9)11-8(4)6-2/h5-8H,1-2H2,3-4H3/q+1. The summed E-state index contributed by atoms with van der Waals surface area (Å²) in [5.74, 6) is 0. The number of rotatable bonds is 6. The van der Waals surface area contributed by atoms with E-state index in [1.165, 1.54) is 0 Å². The van der Waals surface area contributed by atoms with Gasteiger partial charge in [0.25, 0.3) is 0 Å². The molecular formula is C8H14O3P+. The summed E-state index contributed by atoms with van der Waals surface area (Å²) in [6, 6.07) is 0. The van der Waals surface area contributed by atoms with E-state index >= 15 is 0 Å². The van der Waals surface area contributed by atoms with Crippen molar-refractivity contribution < 1.29 is 13.6 Å². The molecular weight excluding hydrogens is 175 g/mol. The van der Waals surface area contributed by atoms with Crippen LogP contribution in [0.15, 0.2) is 25.3 Å². The van der Waals surface area contributed by atoms with E-state index in [-0.39, 0.29) is 12.2 Å². The third-order valence-electron chi connectivity index (χ3n) is 1.17. The Bertz CT molecular complexity index is 161. The third kappa shape index (κ3) is 5.19. The summed E-state index contributed by atoms with van der Waals surface area (Å²) in [6.45, 7) is 10.4. The SMILES string of the molecule is C=CC(C)O[P+](=O)OC(C)C=C. The molecule has 0 fully saturated rings. The maximum Gasteiger partial charge on any atom is 0.698 e. The molecule has 0 aromatic rings. The second-order valence-electron chi connectivity index (χ2n) is 2.32. The topological polar surface area (TPSA) is 35.5 Å². The minimum Gasteiger partial charge on any atom is -0.112 e. The van der Waals surface area contributed by atoms with E-state index in [2.05, 4.69) is 13.2 Å². The smallest absolute Gasteiger partial charge is 0.112 e. The molecule has 68 valence electrons. The Balaban J connectivity index is 3.73. The Morgan fingerprint density at radius 2 is 1.50 bits per heavy atom. The van der Waals surface area contributed by atoms with Gasteiger partial charge in [0.2, 0.25) is 0 Å². The molecule has 0 aromatic carbocycles. The fourth-order valence-electron chi connectivity index (χ4n) is 0.382. The largest absolute Gasteiger partial charge is 0.698 e. The van der Waals surface area contributed by atoms with Crippen molar-refractivity contribution in [1.29, 1.82) is 0 Å². The zero-order valence-electron chi connectivity index (χ0n) is 7.40. The van der Waals surface area contributed by atoms with Crippen molar-refractivity contribution in [2.75, 3.05) is 0 Å². The Morgan fingerprint density at radius 3 is 1.75 bits per heavy atom. The Labute approximate surface area is 74.0 Å². The number of hydrogen-bond donors (Lipinski definition) is 0. The molecule has 0 spiro atoms. The van der Waals surface area contributed by atoms with Crippen molar-refractivity contribution in [3.8, 4) is 0 Å².